The standard InChI is InChI=1S/C26H27N3O3/c30-24(19-8-4-5-9-19)28-22-14-15-29-23(22)25(31)27-21-13-12-18(16-20(21)26(29)32)11-10-17-6-2-1-3-7-17/h1-3,6-7,10-13,16,19,22-23H,4-5,8-9,14-15H2,(H,27,31)(H,28,30)/t22-,23-/m0/s1. The highest BCUT2D eigenvalue weighted by atomic mass is 16.2. The Hall–Kier alpha value is -3.41. The van der Waals surface area contributed by atoms with Gasteiger partial charge in [0, 0.05) is 12.5 Å². The van der Waals surface area contributed by atoms with E-state index in [1.165, 1.54) is 0 Å². The van der Waals surface area contributed by atoms with Gasteiger partial charge in [-0.1, -0.05) is 61.4 Å². The van der Waals surface area contributed by atoms with Crippen LogP contribution in [0.15, 0.2) is 48.5 Å². The normalized spacial score (nSPS) is 23.1. The van der Waals surface area contributed by atoms with Gasteiger partial charge in [-0.25, -0.2) is 0 Å². The summed E-state index contributed by atoms with van der Waals surface area (Å²) in [5.74, 6) is -0.357. The van der Waals surface area contributed by atoms with E-state index in [0.717, 1.165) is 36.8 Å². The number of carbonyl (C=O) groups is 3. The predicted octanol–water partition coefficient (Wildman–Crippen LogP) is 3.70. The Labute approximate surface area is 187 Å². The number of fused-ring (bicyclic) bond motifs is 2. The first-order chi connectivity index (χ1) is 15.6. The summed E-state index contributed by atoms with van der Waals surface area (Å²) in [6, 6.07) is 14.4. The molecule has 2 aromatic carbocycles. The van der Waals surface area contributed by atoms with Gasteiger partial charge in [-0.2, -0.15) is 0 Å². The molecule has 2 aliphatic heterocycles. The molecular formula is C26H27N3O3. The molecule has 0 spiro atoms. The Morgan fingerprint density at radius 3 is 2.50 bits per heavy atom. The molecule has 164 valence electrons. The molecule has 2 fully saturated rings. The zero-order valence-corrected chi connectivity index (χ0v) is 17.9. The van der Waals surface area contributed by atoms with Gasteiger partial charge >= 0.3 is 0 Å². The van der Waals surface area contributed by atoms with Gasteiger partial charge in [0.15, 0.2) is 0 Å². The Morgan fingerprint density at radius 2 is 1.72 bits per heavy atom. The van der Waals surface area contributed by atoms with E-state index in [4.69, 9.17) is 0 Å². The van der Waals surface area contributed by atoms with Crippen LogP contribution in [0.5, 0.6) is 0 Å². The van der Waals surface area contributed by atoms with Gasteiger partial charge in [-0.3, -0.25) is 14.4 Å². The van der Waals surface area contributed by atoms with Crippen LogP contribution in [0.3, 0.4) is 0 Å². The molecule has 3 amide bonds. The van der Waals surface area contributed by atoms with Gasteiger partial charge in [0.2, 0.25) is 11.8 Å². The van der Waals surface area contributed by atoms with E-state index in [9.17, 15) is 14.4 Å². The van der Waals surface area contributed by atoms with Crippen molar-refractivity contribution >= 4 is 35.6 Å². The van der Waals surface area contributed by atoms with Gasteiger partial charge < -0.3 is 15.5 Å². The fourth-order valence-corrected chi connectivity index (χ4v) is 5.05. The molecule has 1 saturated carbocycles. The lowest BCUT2D eigenvalue weighted by atomic mass is 10.0. The van der Waals surface area contributed by atoms with Gasteiger partial charge in [0.25, 0.3) is 5.91 Å². The van der Waals surface area contributed by atoms with Crippen molar-refractivity contribution in [2.24, 2.45) is 5.92 Å². The van der Waals surface area contributed by atoms with Crippen molar-refractivity contribution in [2.75, 3.05) is 11.9 Å². The van der Waals surface area contributed by atoms with Crippen molar-refractivity contribution in [2.45, 2.75) is 44.2 Å². The molecule has 1 saturated heterocycles. The van der Waals surface area contributed by atoms with E-state index >= 15 is 0 Å². The topological polar surface area (TPSA) is 78.5 Å². The molecule has 6 heteroatoms. The molecule has 0 radical (unpaired) electrons. The second kappa shape index (κ2) is 8.61. The summed E-state index contributed by atoms with van der Waals surface area (Å²) in [5.41, 5.74) is 2.97. The van der Waals surface area contributed by atoms with Crippen LogP contribution < -0.4 is 10.6 Å². The smallest absolute Gasteiger partial charge is 0.256 e. The Kier molecular flexibility index (Phi) is 5.52. The lowest BCUT2D eigenvalue weighted by Gasteiger charge is -2.25. The third-order valence-electron chi connectivity index (χ3n) is 6.78. The molecular weight excluding hydrogens is 402 g/mol. The van der Waals surface area contributed by atoms with Crippen LogP contribution in [0.1, 0.15) is 53.6 Å². The summed E-state index contributed by atoms with van der Waals surface area (Å²) >= 11 is 0. The van der Waals surface area contributed by atoms with Crippen molar-refractivity contribution in [3.8, 4) is 0 Å². The maximum Gasteiger partial charge on any atom is 0.256 e. The van der Waals surface area contributed by atoms with Crippen molar-refractivity contribution in [1.82, 2.24) is 10.2 Å². The summed E-state index contributed by atoms with van der Waals surface area (Å²) in [6.07, 6.45) is 8.51. The molecule has 2 heterocycles. The van der Waals surface area contributed by atoms with Crippen LogP contribution in [-0.2, 0) is 9.59 Å². The van der Waals surface area contributed by atoms with Gasteiger partial charge in [0.1, 0.15) is 6.04 Å². The fraction of sp³-hybridized carbons (Fsp3) is 0.346. The number of hydrogen-bond donors (Lipinski definition) is 2. The van der Waals surface area contributed by atoms with E-state index in [0.29, 0.717) is 24.2 Å². The van der Waals surface area contributed by atoms with Gasteiger partial charge in [0.05, 0.1) is 17.3 Å². The van der Waals surface area contributed by atoms with Crippen LogP contribution in [0.2, 0.25) is 0 Å². The van der Waals surface area contributed by atoms with Crippen molar-refractivity contribution in [1.29, 1.82) is 0 Å². The molecule has 2 atom stereocenters. The first-order valence-corrected chi connectivity index (χ1v) is 11.4. The number of carbonyl (C=O) groups excluding carboxylic acids is 3. The van der Waals surface area contributed by atoms with E-state index in [1.54, 1.807) is 11.0 Å². The molecule has 2 N–H and O–H groups in total. The van der Waals surface area contributed by atoms with Crippen LogP contribution in [0, 0.1) is 5.92 Å². The van der Waals surface area contributed by atoms with E-state index in [-0.39, 0.29) is 29.7 Å². The summed E-state index contributed by atoms with van der Waals surface area (Å²) in [4.78, 5) is 40.7. The average Bonchev–Trinajstić information content (AvgIpc) is 3.47. The van der Waals surface area contributed by atoms with Crippen LogP contribution in [-0.4, -0.2) is 41.2 Å². The number of nitrogens with zero attached hydrogens (tertiary/aromatic N) is 1. The first-order valence-electron chi connectivity index (χ1n) is 11.4. The number of anilines is 1. The summed E-state index contributed by atoms with van der Waals surface area (Å²) in [6.45, 7) is 0.454. The maximum absolute atomic E-state index is 13.4. The molecule has 32 heavy (non-hydrogen) atoms. The zero-order chi connectivity index (χ0) is 22.1. The predicted molar refractivity (Wildman–Crippen MR) is 124 cm³/mol. The van der Waals surface area contributed by atoms with Crippen molar-refractivity contribution < 1.29 is 14.4 Å². The van der Waals surface area contributed by atoms with Crippen LogP contribution in [0.25, 0.3) is 12.2 Å². The van der Waals surface area contributed by atoms with E-state index in [1.807, 2.05) is 54.6 Å². The van der Waals surface area contributed by atoms with E-state index in [2.05, 4.69) is 10.6 Å². The zero-order valence-electron chi connectivity index (χ0n) is 17.9. The molecule has 0 unspecified atom stereocenters. The Balaban J connectivity index is 1.36. The van der Waals surface area contributed by atoms with Crippen molar-refractivity contribution in [3.05, 3.63) is 65.2 Å². The summed E-state index contributed by atoms with van der Waals surface area (Å²) in [5, 5.41) is 5.99. The summed E-state index contributed by atoms with van der Waals surface area (Å²) < 4.78 is 0. The quantitative estimate of drug-likeness (QED) is 0.728. The lowest BCUT2D eigenvalue weighted by molar-refractivity contribution is -0.126. The highest BCUT2D eigenvalue weighted by Gasteiger charge is 2.45. The number of rotatable bonds is 4. The third kappa shape index (κ3) is 3.93. The van der Waals surface area contributed by atoms with Crippen LogP contribution >= 0.6 is 0 Å². The minimum absolute atomic E-state index is 0.0182. The highest BCUT2D eigenvalue weighted by molar-refractivity contribution is 6.11. The lowest BCUT2D eigenvalue weighted by Crippen LogP contribution is -2.52. The fourth-order valence-electron chi connectivity index (χ4n) is 5.05. The highest BCUT2D eigenvalue weighted by Crippen LogP contribution is 2.31. The minimum atomic E-state index is -0.677. The maximum atomic E-state index is 13.4. The molecule has 1 aliphatic carbocycles. The molecule has 3 aliphatic rings. The second-order valence-electron chi connectivity index (χ2n) is 8.87. The Bertz CT molecular complexity index is 1070. The SMILES string of the molecule is O=C(N[C@H]1CCN2C(=O)c3cc(C=Cc4ccccc4)ccc3NC(=O)[C@H]12)C1CCCC1. The average molecular weight is 430 g/mol. The molecule has 6 nitrogen and oxygen atoms in total. The first kappa shape index (κ1) is 20.5. The van der Waals surface area contributed by atoms with Crippen molar-refractivity contribution in [3.63, 3.8) is 0 Å². The third-order valence-corrected chi connectivity index (χ3v) is 6.78. The summed E-state index contributed by atoms with van der Waals surface area (Å²) in [7, 11) is 0. The number of nitrogens with one attached hydrogen (secondary N) is 2. The van der Waals surface area contributed by atoms with E-state index < -0.39 is 6.04 Å². The van der Waals surface area contributed by atoms with Gasteiger partial charge in [-0.15, -0.1) is 0 Å². The molecule has 5 rings (SSSR count). The molecule has 2 aromatic rings. The second-order valence-corrected chi connectivity index (χ2v) is 8.87. The molecule has 0 aromatic heterocycles. The van der Waals surface area contributed by atoms with Crippen LogP contribution in [0.4, 0.5) is 5.69 Å². The largest absolute Gasteiger partial charge is 0.350 e. The Morgan fingerprint density at radius 1 is 0.969 bits per heavy atom. The number of hydrogen-bond acceptors (Lipinski definition) is 3. The number of benzene rings is 2. The van der Waals surface area contributed by atoms with Gasteiger partial charge in [-0.05, 0) is 42.5 Å². The number of amides is 3. The minimum Gasteiger partial charge on any atom is -0.350 e. The monoisotopic (exact) mass is 429 g/mol. The molecule has 0 bridgehead atoms.